The molecule has 3 amide bonds. The van der Waals surface area contributed by atoms with E-state index in [9.17, 15) is 9.59 Å². The van der Waals surface area contributed by atoms with Gasteiger partial charge < -0.3 is 15.1 Å². The van der Waals surface area contributed by atoms with Gasteiger partial charge in [0.05, 0.1) is 0 Å². The van der Waals surface area contributed by atoms with Crippen LogP contribution >= 0.6 is 11.6 Å². The summed E-state index contributed by atoms with van der Waals surface area (Å²) in [4.78, 5) is 30.6. The zero-order chi connectivity index (χ0) is 20.1. The van der Waals surface area contributed by atoms with Crippen LogP contribution in [-0.4, -0.2) is 73.0 Å². The van der Waals surface area contributed by atoms with E-state index in [-0.39, 0.29) is 23.9 Å². The molecule has 0 saturated carbocycles. The Balaban J connectivity index is 1.45. The molecule has 1 N–H and O–H groups in total. The Bertz CT molecular complexity index is 671. The van der Waals surface area contributed by atoms with Gasteiger partial charge in [0, 0.05) is 57.3 Å². The van der Waals surface area contributed by atoms with Crippen LogP contribution in [0.1, 0.15) is 31.2 Å². The Hall–Kier alpha value is -1.79. The number of benzene rings is 1. The van der Waals surface area contributed by atoms with Crippen molar-refractivity contribution in [2.24, 2.45) is 5.92 Å². The number of likely N-dealkylation sites (tertiary alicyclic amines) is 2. The number of urea groups is 1. The lowest BCUT2D eigenvalue weighted by atomic mass is 9.95. The molecule has 0 aliphatic carbocycles. The highest BCUT2D eigenvalue weighted by atomic mass is 35.5. The number of rotatable bonds is 4. The van der Waals surface area contributed by atoms with Gasteiger partial charge in [-0.05, 0) is 49.9 Å². The Morgan fingerprint density at radius 1 is 1.11 bits per heavy atom. The van der Waals surface area contributed by atoms with Crippen LogP contribution in [0.15, 0.2) is 24.3 Å². The van der Waals surface area contributed by atoms with Crippen molar-refractivity contribution in [1.29, 1.82) is 0 Å². The minimum absolute atomic E-state index is 0.0119. The highest BCUT2D eigenvalue weighted by molar-refractivity contribution is 6.30. The second kappa shape index (κ2) is 9.61. The standard InChI is InChI=1S/C21H31ClN4O2/c1-24(2)21(28)26-12-9-17(10-13-26)20(27)23-19-4-3-11-25(15-19)14-16-5-7-18(22)8-6-16/h5-8,17,19H,3-4,9-15H2,1-2H3,(H,23,27). The smallest absolute Gasteiger partial charge is 0.319 e. The molecule has 2 heterocycles. The van der Waals surface area contributed by atoms with E-state index in [0.717, 1.165) is 50.3 Å². The summed E-state index contributed by atoms with van der Waals surface area (Å²) in [7, 11) is 3.53. The lowest BCUT2D eigenvalue weighted by molar-refractivity contribution is -0.127. The van der Waals surface area contributed by atoms with Crippen molar-refractivity contribution in [2.45, 2.75) is 38.3 Å². The first-order valence-corrected chi connectivity index (χ1v) is 10.5. The van der Waals surface area contributed by atoms with Gasteiger partial charge in [-0.25, -0.2) is 4.79 Å². The Morgan fingerprint density at radius 2 is 1.79 bits per heavy atom. The molecule has 1 unspecified atom stereocenters. The monoisotopic (exact) mass is 406 g/mol. The van der Waals surface area contributed by atoms with Crippen LogP contribution in [0.5, 0.6) is 0 Å². The van der Waals surface area contributed by atoms with E-state index in [2.05, 4.69) is 22.3 Å². The maximum absolute atomic E-state index is 12.7. The van der Waals surface area contributed by atoms with Gasteiger partial charge >= 0.3 is 6.03 Å². The SMILES string of the molecule is CN(C)C(=O)N1CCC(C(=O)NC2CCCN(Cc3ccc(Cl)cc3)C2)CC1. The number of piperidine rings is 2. The molecule has 0 bridgehead atoms. The molecule has 2 saturated heterocycles. The van der Waals surface area contributed by atoms with Gasteiger partial charge in [-0.1, -0.05) is 23.7 Å². The first kappa shape index (κ1) is 20.9. The van der Waals surface area contributed by atoms with Crippen molar-refractivity contribution >= 4 is 23.5 Å². The first-order valence-electron chi connectivity index (χ1n) is 10.2. The summed E-state index contributed by atoms with van der Waals surface area (Å²) >= 11 is 5.97. The van der Waals surface area contributed by atoms with Crippen LogP contribution < -0.4 is 5.32 Å². The fraction of sp³-hybridized carbons (Fsp3) is 0.619. The highest BCUT2D eigenvalue weighted by Gasteiger charge is 2.30. The van der Waals surface area contributed by atoms with Gasteiger partial charge in [-0.2, -0.15) is 0 Å². The predicted molar refractivity (Wildman–Crippen MR) is 111 cm³/mol. The molecule has 1 aromatic rings. The number of halogens is 1. The van der Waals surface area contributed by atoms with E-state index in [0.29, 0.717) is 13.1 Å². The second-order valence-corrected chi connectivity index (χ2v) is 8.58. The lowest BCUT2D eigenvalue weighted by Crippen LogP contribution is -2.51. The maximum atomic E-state index is 12.7. The molecule has 1 aromatic carbocycles. The van der Waals surface area contributed by atoms with Crippen molar-refractivity contribution in [2.75, 3.05) is 40.3 Å². The third-order valence-electron chi connectivity index (χ3n) is 5.69. The normalized spacial score (nSPS) is 21.4. The molecule has 7 heteroatoms. The van der Waals surface area contributed by atoms with Gasteiger partial charge in [0.1, 0.15) is 0 Å². The van der Waals surface area contributed by atoms with Crippen LogP contribution in [0.3, 0.4) is 0 Å². The number of carbonyl (C=O) groups excluding carboxylic acids is 2. The van der Waals surface area contributed by atoms with E-state index in [4.69, 9.17) is 11.6 Å². The largest absolute Gasteiger partial charge is 0.352 e. The molecule has 28 heavy (non-hydrogen) atoms. The number of nitrogens with zero attached hydrogens (tertiary/aromatic N) is 3. The molecular formula is C21H31ClN4O2. The topological polar surface area (TPSA) is 55.9 Å². The summed E-state index contributed by atoms with van der Waals surface area (Å²) in [5.41, 5.74) is 1.24. The summed E-state index contributed by atoms with van der Waals surface area (Å²) < 4.78 is 0. The van der Waals surface area contributed by atoms with Crippen molar-refractivity contribution in [1.82, 2.24) is 20.0 Å². The number of hydrogen-bond donors (Lipinski definition) is 1. The predicted octanol–water partition coefficient (Wildman–Crippen LogP) is 2.81. The number of nitrogens with one attached hydrogen (secondary N) is 1. The summed E-state index contributed by atoms with van der Waals surface area (Å²) in [6.07, 6.45) is 3.61. The summed E-state index contributed by atoms with van der Waals surface area (Å²) in [6, 6.07) is 8.21. The maximum Gasteiger partial charge on any atom is 0.319 e. The molecule has 2 aliphatic rings. The third kappa shape index (κ3) is 5.61. The van der Waals surface area contributed by atoms with Gasteiger partial charge in [0.25, 0.3) is 0 Å². The van der Waals surface area contributed by atoms with Crippen molar-refractivity contribution in [3.63, 3.8) is 0 Å². The molecule has 2 aliphatic heterocycles. The summed E-state index contributed by atoms with van der Waals surface area (Å²) in [5.74, 6) is 0.160. The van der Waals surface area contributed by atoms with Crippen molar-refractivity contribution in [3.05, 3.63) is 34.9 Å². The molecule has 154 valence electrons. The molecule has 6 nitrogen and oxygen atoms in total. The molecule has 0 spiro atoms. The van der Waals surface area contributed by atoms with E-state index < -0.39 is 0 Å². The number of amides is 3. The van der Waals surface area contributed by atoms with E-state index >= 15 is 0 Å². The van der Waals surface area contributed by atoms with E-state index in [1.807, 2.05) is 17.0 Å². The van der Waals surface area contributed by atoms with E-state index in [1.165, 1.54) is 5.56 Å². The van der Waals surface area contributed by atoms with Crippen molar-refractivity contribution < 1.29 is 9.59 Å². The second-order valence-electron chi connectivity index (χ2n) is 8.15. The first-order chi connectivity index (χ1) is 13.4. The Kier molecular flexibility index (Phi) is 7.18. The molecule has 1 atom stereocenters. The minimum atomic E-state index is 0.0119. The van der Waals surface area contributed by atoms with Crippen molar-refractivity contribution in [3.8, 4) is 0 Å². The van der Waals surface area contributed by atoms with Crippen LogP contribution in [0.2, 0.25) is 5.02 Å². The Morgan fingerprint density at radius 3 is 2.43 bits per heavy atom. The minimum Gasteiger partial charge on any atom is -0.352 e. The van der Waals surface area contributed by atoms with Crippen LogP contribution in [0.4, 0.5) is 4.79 Å². The summed E-state index contributed by atoms with van der Waals surface area (Å²) in [5, 5.41) is 4.02. The van der Waals surface area contributed by atoms with E-state index in [1.54, 1.807) is 19.0 Å². The van der Waals surface area contributed by atoms with Gasteiger partial charge in [0.2, 0.25) is 5.91 Å². The quantitative estimate of drug-likeness (QED) is 0.836. The zero-order valence-electron chi connectivity index (χ0n) is 16.9. The fourth-order valence-electron chi connectivity index (χ4n) is 4.10. The average Bonchev–Trinajstić information content (AvgIpc) is 2.69. The average molecular weight is 407 g/mol. The molecule has 0 radical (unpaired) electrons. The molecule has 3 rings (SSSR count). The van der Waals surface area contributed by atoms with Crippen LogP contribution in [-0.2, 0) is 11.3 Å². The highest BCUT2D eigenvalue weighted by Crippen LogP contribution is 2.20. The van der Waals surface area contributed by atoms with Gasteiger partial charge in [0.15, 0.2) is 0 Å². The lowest BCUT2D eigenvalue weighted by Gasteiger charge is -2.36. The third-order valence-corrected chi connectivity index (χ3v) is 5.94. The zero-order valence-corrected chi connectivity index (χ0v) is 17.6. The van der Waals surface area contributed by atoms with Gasteiger partial charge in [-0.15, -0.1) is 0 Å². The Labute approximate surface area is 172 Å². The number of hydrogen-bond acceptors (Lipinski definition) is 3. The van der Waals surface area contributed by atoms with Crippen LogP contribution in [0.25, 0.3) is 0 Å². The molecule has 0 aromatic heterocycles. The molecule has 2 fully saturated rings. The number of carbonyl (C=O) groups is 2. The summed E-state index contributed by atoms with van der Waals surface area (Å²) in [6.45, 7) is 4.13. The molecular weight excluding hydrogens is 376 g/mol. The fourth-order valence-corrected chi connectivity index (χ4v) is 4.23. The van der Waals surface area contributed by atoms with Crippen LogP contribution in [0, 0.1) is 5.92 Å². The van der Waals surface area contributed by atoms with Gasteiger partial charge in [-0.3, -0.25) is 9.69 Å².